The van der Waals surface area contributed by atoms with Crippen molar-refractivity contribution in [3.05, 3.63) is 70.8 Å². The minimum atomic E-state index is -0.475. The highest BCUT2D eigenvalue weighted by Gasteiger charge is 2.10. The van der Waals surface area contributed by atoms with E-state index in [1.165, 1.54) is 6.08 Å². The van der Waals surface area contributed by atoms with E-state index < -0.39 is 11.8 Å². The van der Waals surface area contributed by atoms with Crippen molar-refractivity contribution in [3.63, 3.8) is 0 Å². The summed E-state index contributed by atoms with van der Waals surface area (Å²) in [5.74, 6) is -0.290. The highest BCUT2D eigenvalue weighted by Crippen LogP contribution is 2.18. The molecular weight excluding hydrogens is 374 g/mol. The van der Waals surface area contributed by atoms with Gasteiger partial charge in [0.25, 0.3) is 5.91 Å². The van der Waals surface area contributed by atoms with Crippen LogP contribution in [0.5, 0.6) is 5.75 Å². The second-order valence-electron chi connectivity index (χ2n) is 4.95. The lowest BCUT2D eigenvalue weighted by atomic mass is 10.2. The third-order valence-corrected chi connectivity index (χ3v) is 3.73. The molecule has 2 aromatic carbocycles. The van der Waals surface area contributed by atoms with Gasteiger partial charge in [0.2, 0.25) is 5.91 Å². The summed E-state index contributed by atoms with van der Waals surface area (Å²) in [4.78, 5) is 23.9. The molecule has 134 valence electrons. The number of ether oxygens (including phenoxy) is 1. The maximum atomic E-state index is 12.0. The van der Waals surface area contributed by atoms with Crippen LogP contribution < -0.4 is 20.9 Å². The molecule has 2 amide bonds. The molecule has 2 rings (SSSR count). The van der Waals surface area contributed by atoms with E-state index in [2.05, 4.69) is 16.2 Å². The van der Waals surface area contributed by atoms with Gasteiger partial charge >= 0.3 is 0 Å². The molecular formula is C18H16ClN3O3S. The number of hydrogen-bond donors (Lipinski definition) is 3. The summed E-state index contributed by atoms with van der Waals surface area (Å²) in [6.07, 6.45) is 2.90. The summed E-state index contributed by atoms with van der Waals surface area (Å²) < 4.78 is 5.20. The number of rotatable bonds is 4. The Bertz CT molecular complexity index is 855. The molecule has 0 spiro atoms. The first-order chi connectivity index (χ1) is 12.5. The molecule has 8 heteroatoms. The van der Waals surface area contributed by atoms with Crippen LogP contribution >= 0.6 is 23.8 Å². The number of nitrogens with one attached hydrogen (secondary N) is 3. The van der Waals surface area contributed by atoms with E-state index in [1.54, 1.807) is 43.5 Å². The van der Waals surface area contributed by atoms with Crippen molar-refractivity contribution in [1.29, 1.82) is 0 Å². The van der Waals surface area contributed by atoms with Gasteiger partial charge in [0.1, 0.15) is 5.75 Å². The molecule has 6 nitrogen and oxygen atoms in total. The average Bonchev–Trinajstić information content (AvgIpc) is 2.65. The first-order valence-electron chi connectivity index (χ1n) is 7.48. The van der Waals surface area contributed by atoms with Crippen molar-refractivity contribution < 1.29 is 14.3 Å². The van der Waals surface area contributed by atoms with E-state index >= 15 is 0 Å². The van der Waals surface area contributed by atoms with Gasteiger partial charge in [-0.3, -0.25) is 25.8 Å². The number of benzene rings is 2. The first kappa shape index (κ1) is 19.4. The van der Waals surface area contributed by atoms with Gasteiger partial charge in [-0.15, -0.1) is 0 Å². The lowest BCUT2D eigenvalue weighted by molar-refractivity contribution is -0.115. The third kappa shape index (κ3) is 5.58. The second kappa shape index (κ2) is 9.55. The van der Waals surface area contributed by atoms with E-state index in [-0.39, 0.29) is 10.7 Å². The van der Waals surface area contributed by atoms with E-state index in [1.807, 2.05) is 18.2 Å². The summed E-state index contributed by atoms with van der Waals surface area (Å²) in [5.41, 5.74) is 5.84. The number of hydrogen-bond acceptors (Lipinski definition) is 4. The quantitative estimate of drug-likeness (QED) is 0.425. The molecule has 0 aliphatic heterocycles. The zero-order valence-electron chi connectivity index (χ0n) is 13.8. The predicted octanol–water partition coefficient (Wildman–Crippen LogP) is 2.70. The predicted molar refractivity (Wildman–Crippen MR) is 105 cm³/mol. The summed E-state index contributed by atoms with van der Waals surface area (Å²) in [6.45, 7) is 0. The number of carbonyl (C=O) groups is 2. The fourth-order valence-corrected chi connectivity index (χ4v) is 2.35. The minimum absolute atomic E-state index is 0.0555. The number of para-hydroxylation sites is 1. The molecule has 0 heterocycles. The normalized spacial score (nSPS) is 10.2. The van der Waals surface area contributed by atoms with Crippen LogP contribution in [0.25, 0.3) is 6.08 Å². The van der Waals surface area contributed by atoms with Crippen molar-refractivity contribution in [3.8, 4) is 5.75 Å². The number of hydrazine groups is 1. The maximum absolute atomic E-state index is 12.0. The Balaban J connectivity index is 1.85. The Hall–Kier alpha value is -2.90. The maximum Gasteiger partial charge on any atom is 0.271 e. The van der Waals surface area contributed by atoms with Gasteiger partial charge in [0.05, 0.1) is 17.7 Å². The van der Waals surface area contributed by atoms with Crippen LogP contribution in [0, 0.1) is 0 Å². The Morgan fingerprint density at radius 2 is 1.77 bits per heavy atom. The van der Waals surface area contributed by atoms with Crippen LogP contribution in [0.4, 0.5) is 0 Å². The molecule has 0 fully saturated rings. The SMILES string of the molecule is COc1ccccc1/C=C/C(=O)NC(=S)NNC(=O)c1ccccc1Cl. The van der Waals surface area contributed by atoms with E-state index in [4.69, 9.17) is 28.6 Å². The smallest absolute Gasteiger partial charge is 0.271 e. The number of methoxy groups -OCH3 is 1. The second-order valence-corrected chi connectivity index (χ2v) is 5.77. The Kier molecular flexibility index (Phi) is 7.13. The lowest BCUT2D eigenvalue weighted by Crippen LogP contribution is -2.48. The molecule has 26 heavy (non-hydrogen) atoms. The van der Waals surface area contributed by atoms with Gasteiger partial charge in [0, 0.05) is 11.6 Å². The third-order valence-electron chi connectivity index (χ3n) is 3.20. The van der Waals surface area contributed by atoms with E-state index in [9.17, 15) is 9.59 Å². The van der Waals surface area contributed by atoms with Gasteiger partial charge in [0.15, 0.2) is 5.11 Å². The van der Waals surface area contributed by atoms with Gasteiger partial charge in [-0.2, -0.15) is 0 Å². The van der Waals surface area contributed by atoms with Gasteiger partial charge in [-0.25, -0.2) is 0 Å². The minimum Gasteiger partial charge on any atom is -0.496 e. The number of carbonyl (C=O) groups excluding carboxylic acids is 2. The van der Waals surface area contributed by atoms with E-state index in [0.29, 0.717) is 10.8 Å². The van der Waals surface area contributed by atoms with Crippen molar-refractivity contribution in [2.24, 2.45) is 0 Å². The fraction of sp³-hybridized carbons (Fsp3) is 0.0556. The Morgan fingerprint density at radius 3 is 2.50 bits per heavy atom. The number of amides is 2. The highest BCUT2D eigenvalue weighted by atomic mass is 35.5. The van der Waals surface area contributed by atoms with Crippen molar-refractivity contribution in [2.75, 3.05) is 7.11 Å². The van der Waals surface area contributed by atoms with Crippen LogP contribution in [0.3, 0.4) is 0 Å². The van der Waals surface area contributed by atoms with Gasteiger partial charge < -0.3 is 4.74 Å². The van der Waals surface area contributed by atoms with Crippen molar-refractivity contribution in [2.45, 2.75) is 0 Å². The topological polar surface area (TPSA) is 79.5 Å². The summed E-state index contributed by atoms with van der Waals surface area (Å²) >= 11 is 10.9. The van der Waals surface area contributed by atoms with Crippen molar-refractivity contribution in [1.82, 2.24) is 16.2 Å². The molecule has 0 aliphatic carbocycles. The molecule has 0 saturated heterocycles. The van der Waals surface area contributed by atoms with Crippen molar-refractivity contribution >= 4 is 46.8 Å². The Morgan fingerprint density at radius 1 is 1.08 bits per heavy atom. The van der Waals surface area contributed by atoms with Crippen LogP contribution in [0.15, 0.2) is 54.6 Å². The van der Waals surface area contributed by atoms with Crippen LogP contribution in [-0.4, -0.2) is 24.0 Å². The zero-order chi connectivity index (χ0) is 18.9. The fourth-order valence-electron chi connectivity index (χ4n) is 1.98. The van der Waals surface area contributed by atoms with Crippen LogP contribution in [-0.2, 0) is 4.79 Å². The lowest BCUT2D eigenvalue weighted by Gasteiger charge is -2.10. The first-order valence-corrected chi connectivity index (χ1v) is 8.27. The van der Waals surface area contributed by atoms with E-state index in [0.717, 1.165) is 5.56 Å². The van der Waals surface area contributed by atoms with Gasteiger partial charge in [-0.05, 0) is 36.5 Å². The van der Waals surface area contributed by atoms with Crippen LogP contribution in [0.1, 0.15) is 15.9 Å². The summed E-state index contributed by atoms with van der Waals surface area (Å²) in [7, 11) is 1.55. The molecule has 0 saturated carbocycles. The molecule has 0 bridgehead atoms. The van der Waals surface area contributed by atoms with Gasteiger partial charge in [-0.1, -0.05) is 41.9 Å². The Labute approximate surface area is 161 Å². The number of halogens is 1. The molecule has 0 aromatic heterocycles. The largest absolute Gasteiger partial charge is 0.496 e. The summed E-state index contributed by atoms with van der Waals surface area (Å²) in [5, 5.41) is 2.67. The average molecular weight is 390 g/mol. The molecule has 3 N–H and O–H groups in total. The van der Waals surface area contributed by atoms with Crippen LogP contribution in [0.2, 0.25) is 5.02 Å². The molecule has 0 radical (unpaired) electrons. The molecule has 0 aliphatic rings. The monoisotopic (exact) mass is 389 g/mol. The number of thiocarbonyl (C=S) groups is 1. The highest BCUT2D eigenvalue weighted by molar-refractivity contribution is 7.80. The standard InChI is InChI=1S/C18H16ClN3O3S/c1-25-15-9-5-2-6-12(15)10-11-16(23)20-18(26)22-21-17(24)13-7-3-4-8-14(13)19/h2-11H,1H3,(H,21,24)(H2,20,22,23,26)/b11-10+. The molecule has 0 atom stereocenters. The molecule has 2 aromatic rings. The summed E-state index contributed by atoms with van der Waals surface area (Å²) in [6, 6.07) is 13.8. The molecule has 0 unspecified atom stereocenters. The zero-order valence-corrected chi connectivity index (χ0v) is 15.4.